The molecular weight excluding hydrogens is 366 g/mol. The molecule has 2 heterocycles. The topological polar surface area (TPSA) is 67.4 Å². The molecule has 144 valence electrons. The Morgan fingerprint density at radius 1 is 1.04 bits per heavy atom. The zero-order valence-corrected chi connectivity index (χ0v) is 14.9. The zero-order valence-electron chi connectivity index (χ0n) is 14.9. The molecule has 0 radical (unpaired) electrons. The number of halogens is 2. The largest absolute Gasteiger partial charge is 0.473 e. The number of para-hydroxylation sites is 3. The van der Waals surface area contributed by atoms with E-state index >= 15 is 0 Å². The second-order valence-electron chi connectivity index (χ2n) is 6.53. The maximum atomic E-state index is 13.7. The fourth-order valence-corrected chi connectivity index (χ4v) is 3.15. The van der Waals surface area contributed by atoms with Gasteiger partial charge in [-0.1, -0.05) is 18.2 Å². The molecule has 1 fully saturated rings. The first-order valence-electron chi connectivity index (χ1n) is 8.98. The average molecular weight is 384 g/mol. The van der Waals surface area contributed by atoms with Crippen molar-refractivity contribution in [3.05, 3.63) is 60.3 Å². The fourth-order valence-electron chi connectivity index (χ4n) is 3.15. The van der Waals surface area contributed by atoms with Crippen molar-refractivity contribution in [3.8, 4) is 5.88 Å². The SMILES string of the molecule is O=C(Nc1c(F)cccc1F)N1CCC(Oc2cnc3ccccc3n2)CC1. The monoisotopic (exact) mass is 384 g/mol. The van der Waals surface area contributed by atoms with Gasteiger partial charge in [0.05, 0.1) is 17.2 Å². The third-order valence-corrected chi connectivity index (χ3v) is 4.64. The quantitative estimate of drug-likeness (QED) is 0.742. The number of likely N-dealkylation sites (tertiary alicyclic amines) is 1. The number of piperidine rings is 1. The molecule has 0 atom stereocenters. The minimum atomic E-state index is -0.804. The second kappa shape index (κ2) is 7.75. The van der Waals surface area contributed by atoms with Crippen molar-refractivity contribution in [2.45, 2.75) is 18.9 Å². The molecule has 28 heavy (non-hydrogen) atoms. The average Bonchev–Trinajstić information content (AvgIpc) is 2.71. The molecule has 0 unspecified atom stereocenters. The number of fused-ring (bicyclic) bond motifs is 1. The number of nitrogens with one attached hydrogen (secondary N) is 1. The van der Waals surface area contributed by atoms with Gasteiger partial charge in [0.15, 0.2) is 0 Å². The summed E-state index contributed by atoms with van der Waals surface area (Å²) in [5, 5.41) is 2.31. The van der Waals surface area contributed by atoms with Crippen LogP contribution in [0.5, 0.6) is 5.88 Å². The molecule has 3 aromatic rings. The highest BCUT2D eigenvalue weighted by Crippen LogP contribution is 2.22. The number of hydrogen-bond donors (Lipinski definition) is 1. The number of anilines is 1. The first kappa shape index (κ1) is 18.1. The number of nitrogens with zero attached hydrogens (tertiary/aromatic N) is 3. The predicted molar refractivity (Wildman–Crippen MR) is 100 cm³/mol. The summed E-state index contributed by atoms with van der Waals surface area (Å²) in [6, 6.07) is 10.4. The van der Waals surface area contributed by atoms with Crippen LogP contribution in [0.3, 0.4) is 0 Å². The Hall–Kier alpha value is -3.29. The number of hydrogen-bond acceptors (Lipinski definition) is 4. The van der Waals surface area contributed by atoms with Crippen LogP contribution in [0.25, 0.3) is 11.0 Å². The molecule has 0 spiro atoms. The standard InChI is InChI=1S/C20H18F2N4O2/c21-14-4-3-5-15(22)19(14)25-20(27)26-10-8-13(9-11-26)28-18-12-23-16-6-1-2-7-17(16)24-18/h1-7,12-13H,8-11H2,(H,25,27). The van der Waals surface area contributed by atoms with Crippen molar-refractivity contribution >= 4 is 22.8 Å². The molecule has 1 aromatic heterocycles. The summed E-state index contributed by atoms with van der Waals surface area (Å²) in [6.45, 7) is 0.821. The summed E-state index contributed by atoms with van der Waals surface area (Å²) in [5.74, 6) is -1.17. The van der Waals surface area contributed by atoms with E-state index in [1.165, 1.54) is 11.0 Å². The van der Waals surface area contributed by atoms with E-state index in [1.54, 1.807) is 6.20 Å². The number of ether oxygens (including phenoxy) is 1. The lowest BCUT2D eigenvalue weighted by Crippen LogP contribution is -2.44. The van der Waals surface area contributed by atoms with Crippen LogP contribution in [-0.2, 0) is 0 Å². The van der Waals surface area contributed by atoms with Crippen LogP contribution in [-0.4, -0.2) is 40.1 Å². The van der Waals surface area contributed by atoms with Gasteiger partial charge in [-0.15, -0.1) is 0 Å². The van der Waals surface area contributed by atoms with Gasteiger partial charge >= 0.3 is 6.03 Å². The van der Waals surface area contributed by atoms with Crippen LogP contribution in [0, 0.1) is 11.6 Å². The molecule has 2 amide bonds. The molecule has 0 saturated carbocycles. The Morgan fingerprint density at radius 3 is 2.43 bits per heavy atom. The van der Waals surface area contributed by atoms with E-state index in [0.29, 0.717) is 31.8 Å². The lowest BCUT2D eigenvalue weighted by atomic mass is 10.1. The summed E-state index contributed by atoms with van der Waals surface area (Å²) in [6.07, 6.45) is 2.65. The smallest absolute Gasteiger partial charge is 0.322 e. The van der Waals surface area contributed by atoms with Crippen LogP contribution in [0.2, 0.25) is 0 Å². The number of benzene rings is 2. The van der Waals surface area contributed by atoms with E-state index in [9.17, 15) is 13.6 Å². The number of carbonyl (C=O) groups excluding carboxylic acids is 1. The highest BCUT2D eigenvalue weighted by Gasteiger charge is 2.25. The molecule has 6 nitrogen and oxygen atoms in total. The van der Waals surface area contributed by atoms with Crippen LogP contribution >= 0.6 is 0 Å². The van der Waals surface area contributed by atoms with Gasteiger partial charge in [0.25, 0.3) is 0 Å². The molecule has 1 aliphatic rings. The van der Waals surface area contributed by atoms with Crippen molar-refractivity contribution < 1.29 is 18.3 Å². The third-order valence-electron chi connectivity index (χ3n) is 4.64. The molecule has 1 aliphatic heterocycles. The summed E-state index contributed by atoms with van der Waals surface area (Å²) in [7, 11) is 0. The number of rotatable bonds is 3. The Morgan fingerprint density at radius 2 is 1.71 bits per heavy atom. The highest BCUT2D eigenvalue weighted by molar-refractivity contribution is 5.89. The predicted octanol–water partition coefficient (Wildman–Crippen LogP) is 3.98. The van der Waals surface area contributed by atoms with Gasteiger partial charge in [-0.3, -0.25) is 0 Å². The van der Waals surface area contributed by atoms with Crippen molar-refractivity contribution in [2.75, 3.05) is 18.4 Å². The second-order valence-corrected chi connectivity index (χ2v) is 6.53. The molecule has 4 rings (SSSR count). The Kier molecular flexibility index (Phi) is 5.01. The first-order chi connectivity index (χ1) is 13.6. The Labute approximate surface area is 160 Å². The van der Waals surface area contributed by atoms with Gasteiger partial charge in [0, 0.05) is 25.9 Å². The van der Waals surface area contributed by atoms with Crippen molar-refractivity contribution in [1.82, 2.24) is 14.9 Å². The molecular formula is C20H18F2N4O2. The van der Waals surface area contributed by atoms with E-state index in [-0.39, 0.29) is 6.10 Å². The van der Waals surface area contributed by atoms with Crippen LogP contribution < -0.4 is 10.1 Å². The third kappa shape index (κ3) is 3.85. The van der Waals surface area contributed by atoms with Gasteiger partial charge in [0.1, 0.15) is 23.4 Å². The Balaban J connectivity index is 1.34. The molecule has 2 aromatic carbocycles. The zero-order chi connectivity index (χ0) is 19.5. The highest BCUT2D eigenvalue weighted by atomic mass is 19.1. The van der Waals surface area contributed by atoms with E-state index in [1.807, 2.05) is 24.3 Å². The number of amides is 2. The van der Waals surface area contributed by atoms with Gasteiger partial charge in [-0.05, 0) is 24.3 Å². The van der Waals surface area contributed by atoms with E-state index in [2.05, 4.69) is 15.3 Å². The fraction of sp³-hybridized carbons (Fsp3) is 0.250. The summed E-state index contributed by atoms with van der Waals surface area (Å²) in [4.78, 5) is 22.6. The summed E-state index contributed by atoms with van der Waals surface area (Å²) >= 11 is 0. The number of urea groups is 1. The van der Waals surface area contributed by atoms with Crippen LogP contribution in [0.1, 0.15) is 12.8 Å². The lowest BCUT2D eigenvalue weighted by Gasteiger charge is -2.31. The molecule has 0 aliphatic carbocycles. The summed E-state index contributed by atoms with van der Waals surface area (Å²) in [5.41, 5.74) is 1.11. The van der Waals surface area contributed by atoms with Crippen molar-refractivity contribution in [3.63, 3.8) is 0 Å². The van der Waals surface area contributed by atoms with Gasteiger partial charge in [-0.2, -0.15) is 0 Å². The minimum absolute atomic E-state index is 0.107. The van der Waals surface area contributed by atoms with Gasteiger partial charge in [-0.25, -0.2) is 23.5 Å². The van der Waals surface area contributed by atoms with Gasteiger partial charge in [0.2, 0.25) is 5.88 Å². The number of aromatic nitrogens is 2. The van der Waals surface area contributed by atoms with E-state index < -0.39 is 23.4 Å². The normalized spacial score (nSPS) is 14.9. The maximum Gasteiger partial charge on any atom is 0.322 e. The molecule has 1 saturated heterocycles. The van der Waals surface area contributed by atoms with Crippen molar-refractivity contribution in [1.29, 1.82) is 0 Å². The number of carbonyl (C=O) groups is 1. The van der Waals surface area contributed by atoms with E-state index in [0.717, 1.165) is 23.2 Å². The molecule has 8 heteroatoms. The lowest BCUT2D eigenvalue weighted by molar-refractivity contribution is 0.111. The van der Waals surface area contributed by atoms with Crippen LogP contribution in [0.15, 0.2) is 48.7 Å². The van der Waals surface area contributed by atoms with Gasteiger partial charge < -0.3 is 15.0 Å². The summed E-state index contributed by atoms with van der Waals surface area (Å²) < 4.78 is 33.3. The van der Waals surface area contributed by atoms with E-state index in [4.69, 9.17) is 4.74 Å². The first-order valence-corrected chi connectivity index (χ1v) is 8.98. The maximum absolute atomic E-state index is 13.7. The molecule has 1 N–H and O–H groups in total. The molecule has 0 bridgehead atoms. The van der Waals surface area contributed by atoms with Crippen LogP contribution in [0.4, 0.5) is 19.3 Å². The van der Waals surface area contributed by atoms with Crippen molar-refractivity contribution in [2.24, 2.45) is 0 Å². The minimum Gasteiger partial charge on any atom is -0.473 e. The Bertz CT molecular complexity index is 986.